The van der Waals surface area contributed by atoms with Gasteiger partial charge in [0.05, 0.1) is 30.8 Å². The van der Waals surface area contributed by atoms with E-state index < -0.39 is 12.2 Å². The Kier molecular flexibility index (Phi) is 8.31. The van der Waals surface area contributed by atoms with Crippen molar-refractivity contribution in [2.24, 2.45) is 11.8 Å². The van der Waals surface area contributed by atoms with Crippen LogP contribution in [0.1, 0.15) is 19.3 Å². The molecule has 0 aromatic heterocycles. The molecule has 2 N–H and O–H groups in total. The third-order valence-electron chi connectivity index (χ3n) is 4.89. The Hall–Kier alpha value is -1.86. The molecular formula is C21H28O6. The second kappa shape index (κ2) is 10.5. The van der Waals surface area contributed by atoms with E-state index in [-0.39, 0.29) is 42.0 Å². The van der Waals surface area contributed by atoms with Crippen molar-refractivity contribution in [3.63, 3.8) is 0 Å². The van der Waals surface area contributed by atoms with Crippen LogP contribution in [0.5, 0.6) is 0 Å². The highest BCUT2D eigenvalue weighted by atomic mass is 16.5. The van der Waals surface area contributed by atoms with Crippen molar-refractivity contribution < 1.29 is 29.3 Å². The van der Waals surface area contributed by atoms with Gasteiger partial charge in [-0.3, -0.25) is 9.59 Å². The fourth-order valence-electron chi connectivity index (χ4n) is 3.24. The summed E-state index contributed by atoms with van der Waals surface area (Å²) >= 11 is 0. The van der Waals surface area contributed by atoms with Gasteiger partial charge in [0.1, 0.15) is 0 Å². The lowest BCUT2D eigenvalue weighted by molar-refractivity contribution is -0.122. The summed E-state index contributed by atoms with van der Waals surface area (Å²) in [4.78, 5) is 24.0. The van der Waals surface area contributed by atoms with Crippen molar-refractivity contribution in [3.05, 3.63) is 48.6 Å². The maximum Gasteiger partial charge on any atom is 0.163 e. The Morgan fingerprint density at radius 1 is 0.852 bits per heavy atom. The molecule has 6 unspecified atom stereocenters. The predicted octanol–water partition coefficient (Wildman–Crippen LogP) is 1.53. The molecule has 2 rings (SSSR count). The van der Waals surface area contributed by atoms with E-state index in [1.54, 1.807) is 38.5 Å². The summed E-state index contributed by atoms with van der Waals surface area (Å²) in [6.07, 6.45) is 12.5. The summed E-state index contributed by atoms with van der Waals surface area (Å²) in [6, 6.07) is 0. The highest BCUT2D eigenvalue weighted by Crippen LogP contribution is 2.22. The molecule has 0 spiro atoms. The van der Waals surface area contributed by atoms with Gasteiger partial charge in [-0.05, 0) is 36.8 Å². The molecule has 6 atom stereocenters. The number of hydrogen-bond donors (Lipinski definition) is 2. The number of hydrogen-bond acceptors (Lipinski definition) is 6. The average molecular weight is 376 g/mol. The first-order valence-corrected chi connectivity index (χ1v) is 9.13. The highest BCUT2D eigenvalue weighted by Gasteiger charge is 2.24. The fraction of sp³-hybridized carbons (Fsp3) is 0.524. The van der Waals surface area contributed by atoms with Crippen molar-refractivity contribution in [3.8, 4) is 0 Å². The Bertz CT molecular complexity index is 579. The molecule has 2 aliphatic carbocycles. The molecule has 0 saturated carbocycles. The van der Waals surface area contributed by atoms with Gasteiger partial charge in [-0.15, -0.1) is 0 Å². The molecule has 0 aromatic rings. The van der Waals surface area contributed by atoms with E-state index >= 15 is 0 Å². The van der Waals surface area contributed by atoms with Crippen LogP contribution in [0, 0.1) is 11.8 Å². The third-order valence-corrected chi connectivity index (χ3v) is 4.89. The van der Waals surface area contributed by atoms with Crippen molar-refractivity contribution in [1.29, 1.82) is 0 Å². The van der Waals surface area contributed by atoms with Gasteiger partial charge in [0.25, 0.3) is 0 Å². The number of ketones is 2. The number of carbonyl (C=O) groups excluding carboxylic acids is 2. The lowest BCUT2D eigenvalue weighted by Crippen LogP contribution is -2.31. The fourth-order valence-corrected chi connectivity index (χ4v) is 3.24. The van der Waals surface area contributed by atoms with Crippen molar-refractivity contribution in [2.45, 2.75) is 43.7 Å². The SMILES string of the molecule is COC1CC(/C=C/C(=O)CC(=O)/C=C/C2C=CC(O)C(OC)C2)C=CC1O. The molecule has 27 heavy (non-hydrogen) atoms. The van der Waals surface area contributed by atoms with Crippen LogP contribution in [0.25, 0.3) is 0 Å². The first kappa shape index (κ1) is 21.4. The Labute approximate surface area is 159 Å². The quantitative estimate of drug-likeness (QED) is 0.379. The first-order valence-electron chi connectivity index (χ1n) is 9.13. The summed E-state index contributed by atoms with van der Waals surface area (Å²) in [5, 5.41) is 19.4. The largest absolute Gasteiger partial charge is 0.386 e. The van der Waals surface area contributed by atoms with E-state index in [0.29, 0.717) is 12.8 Å². The van der Waals surface area contributed by atoms with Gasteiger partial charge in [0.15, 0.2) is 11.6 Å². The Morgan fingerprint density at radius 3 is 1.63 bits per heavy atom. The van der Waals surface area contributed by atoms with Crippen LogP contribution in [0.2, 0.25) is 0 Å². The highest BCUT2D eigenvalue weighted by molar-refractivity contribution is 6.08. The minimum absolute atomic E-state index is 0.00211. The van der Waals surface area contributed by atoms with Gasteiger partial charge in [-0.1, -0.05) is 36.5 Å². The van der Waals surface area contributed by atoms with E-state index in [0.717, 1.165) is 0 Å². The minimum atomic E-state index is -0.630. The van der Waals surface area contributed by atoms with Crippen molar-refractivity contribution in [1.82, 2.24) is 0 Å². The Balaban J connectivity index is 1.81. The molecule has 0 bridgehead atoms. The van der Waals surface area contributed by atoms with E-state index in [4.69, 9.17) is 9.47 Å². The number of allylic oxidation sites excluding steroid dienone is 6. The summed E-state index contributed by atoms with van der Waals surface area (Å²) in [6.45, 7) is 0. The standard InChI is InChI=1S/C21H28O6/c1-26-20-11-14(5-9-18(20)24)3-7-16(22)13-17(23)8-4-15-6-10-19(25)21(12-15)27-2/h3-10,14-15,18-21,24-25H,11-13H2,1-2H3/b7-3+,8-4+. The molecule has 0 amide bonds. The van der Waals surface area contributed by atoms with E-state index in [1.165, 1.54) is 12.2 Å². The second-order valence-corrected chi connectivity index (χ2v) is 6.93. The van der Waals surface area contributed by atoms with Crippen LogP contribution >= 0.6 is 0 Å². The van der Waals surface area contributed by atoms with Crippen LogP contribution in [0.15, 0.2) is 48.6 Å². The molecule has 6 heteroatoms. The number of aliphatic hydroxyl groups is 2. The van der Waals surface area contributed by atoms with Crippen LogP contribution in [-0.4, -0.2) is 60.4 Å². The van der Waals surface area contributed by atoms with Crippen molar-refractivity contribution >= 4 is 11.6 Å². The molecule has 0 heterocycles. The number of methoxy groups -OCH3 is 2. The van der Waals surface area contributed by atoms with E-state index in [2.05, 4.69) is 0 Å². The van der Waals surface area contributed by atoms with Gasteiger partial charge in [0.2, 0.25) is 0 Å². The van der Waals surface area contributed by atoms with Crippen LogP contribution in [0.4, 0.5) is 0 Å². The monoisotopic (exact) mass is 376 g/mol. The minimum Gasteiger partial charge on any atom is -0.386 e. The van der Waals surface area contributed by atoms with Gasteiger partial charge >= 0.3 is 0 Å². The molecular weight excluding hydrogens is 348 g/mol. The second-order valence-electron chi connectivity index (χ2n) is 6.93. The Morgan fingerprint density at radius 2 is 1.26 bits per heavy atom. The predicted molar refractivity (Wildman–Crippen MR) is 101 cm³/mol. The van der Waals surface area contributed by atoms with Gasteiger partial charge in [-0.2, -0.15) is 0 Å². The summed E-state index contributed by atoms with van der Waals surface area (Å²) < 4.78 is 10.4. The maximum absolute atomic E-state index is 12.0. The molecule has 6 nitrogen and oxygen atoms in total. The zero-order chi connectivity index (χ0) is 19.8. The lowest BCUT2D eigenvalue weighted by Gasteiger charge is -2.26. The molecule has 0 radical (unpaired) electrons. The molecule has 0 saturated heterocycles. The van der Waals surface area contributed by atoms with Gasteiger partial charge in [0, 0.05) is 14.2 Å². The molecule has 148 valence electrons. The molecule has 2 aliphatic rings. The third kappa shape index (κ3) is 6.66. The van der Waals surface area contributed by atoms with Crippen LogP contribution in [-0.2, 0) is 19.1 Å². The maximum atomic E-state index is 12.0. The van der Waals surface area contributed by atoms with Crippen LogP contribution < -0.4 is 0 Å². The topological polar surface area (TPSA) is 93.1 Å². The average Bonchev–Trinajstić information content (AvgIpc) is 2.66. The summed E-state index contributed by atoms with van der Waals surface area (Å²) in [5.74, 6) is -0.527. The zero-order valence-corrected chi connectivity index (χ0v) is 15.7. The number of aliphatic hydroxyl groups excluding tert-OH is 2. The van der Waals surface area contributed by atoms with Gasteiger partial charge in [-0.25, -0.2) is 0 Å². The number of rotatable bonds is 8. The van der Waals surface area contributed by atoms with Crippen molar-refractivity contribution in [2.75, 3.05) is 14.2 Å². The summed E-state index contributed by atoms with van der Waals surface area (Å²) in [5.41, 5.74) is 0. The summed E-state index contributed by atoms with van der Waals surface area (Å²) in [7, 11) is 3.09. The van der Waals surface area contributed by atoms with E-state index in [9.17, 15) is 19.8 Å². The smallest absolute Gasteiger partial charge is 0.163 e. The van der Waals surface area contributed by atoms with Gasteiger partial charge < -0.3 is 19.7 Å². The number of carbonyl (C=O) groups is 2. The first-order chi connectivity index (χ1) is 12.9. The number of ether oxygens (including phenoxy) is 2. The lowest BCUT2D eigenvalue weighted by atomic mass is 9.90. The van der Waals surface area contributed by atoms with Crippen LogP contribution in [0.3, 0.4) is 0 Å². The molecule has 0 aromatic carbocycles. The molecule has 0 aliphatic heterocycles. The molecule has 0 fully saturated rings. The normalized spacial score (nSPS) is 33.8. The zero-order valence-electron chi connectivity index (χ0n) is 15.7. The van der Waals surface area contributed by atoms with E-state index in [1.807, 2.05) is 12.2 Å².